The Balaban J connectivity index is 2.66. The van der Waals surface area contributed by atoms with Gasteiger partial charge >= 0.3 is 0 Å². The first-order chi connectivity index (χ1) is 7.01. The maximum absolute atomic E-state index is 4.36. The fourth-order valence-electron chi connectivity index (χ4n) is 1.13. The Morgan fingerprint density at radius 1 is 1.33 bits per heavy atom. The molecule has 2 N–H and O–H groups in total. The third-order valence-electron chi connectivity index (χ3n) is 1.69. The summed E-state index contributed by atoms with van der Waals surface area (Å²) in [6.45, 7) is 9.33. The Hall–Kier alpha value is -1.32. The van der Waals surface area contributed by atoms with Crippen LogP contribution in [0.15, 0.2) is 12.3 Å². The Morgan fingerprint density at radius 2 is 2.07 bits per heavy atom. The van der Waals surface area contributed by atoms with E-state index in [1.54, 1.807) is 6.20 Å². The van der Waals surface area contributed by atoms with Crippen molar-refractivity contribution in [2.45, 2.75) is 39.7 Å². The van der Waals surface area contributed by atoms with Crippen molar-refractivity contribution in [3.05, 3.63) is 12.3 Å². The Kier molecular flexibility index (Phi) is 3.88. The van der Waals surface area contributed by atoms with E-state index in [0.29, 0.717) is 5.95 Å². The zero-order chi connectivity index (χ0) is 11.3. The monoisotopic (exact) mass is 208 g/mol. The summed E-state index contributed by atoms with van der Waals surface area (Å²) in [5, 5.41) is 6.47. The van der Waals surface area contributed by atoms with Crippen molar-refractivity contribution in [3.8, 4) is 0 Å². The number of hydrogen-bond acceptors (Lipinski definition) is 4. The minimum Gasteiger partial charge on any atom is -0.365 e. The van der Waals surface area contributed by atoms with Gasteiger partial charge in [-0.1, -0.05) is 6.92 Å². The Morgan fingerprint density at radius 3 is 2.67 bits per heavy atom. The fourth-order valence-corrected chi connectivity index (χ4v) is 1.13. The summed E-state index contributed by atoms with van der Waals surface area (Å²) in [5.41, 5.74) is 0.0242. The third kappa shape index (κ3) is 4.63. The summed E-state index contributed by atoms with van der Waals surface area (Å²) in [7, 11) is 0. The molecule has 4 nitrogen and oxygen atoms in total. The van der Waals surface area contributed by atoms with Gasteiger partial charge in [-0.15, -0.1) is 0 Å². The lowest BCUT2D eigenvalue weighted by molar-refractivity contribution is 0.630. The Labute approximate surface area is 91.5 Å². The fraction of sp³-hybridized carbons (Fsp3) is 0.636. The van der Waals surface area contributed by atoms with E-state index in [2.05, 4.69) is 48.3 Å². The summed E-state index contributed by atoms with van der Waals surface area (Å²) < 4.78 is 0. The zero-order valence-corrected chi connectivity index (χ0v) is 9.96. The lowest BCUT2D eigenvalue weighted by atomic mass is 10.1. The van der Waals surface area contributed by atoms with Gasteiger partial charge in [0.15, 0.2) is 0 Å². The molecule has 0 saturated carbocycles. The topological polar surface area (TPSA) is 49.8 Å². The SMILES string of the molecule is CCCNc1nccc(NC(C)(C)C)n1. The summed E-state index contributed by atoms with van der Waals surface area (Å²) >= 11 is 0. The molecule has 0 atom stereocenters. The predicted octanol–water partition coefficient (Wildman–Crippen LogP) is 2.51. The van der Waals surface area contributed by atoms with Crippen molar-refractivity contribution < 1.29 is 0 Å². The number of rotatable bonds is 4. The maximum atomic E-state index is 4.36. The first kappa shape index (κ1) is 11.8. The van der Waals surface area contributed by atoms with E-state index in [1.165, 1.54) is 0 Å². The average Bonchev–Trinajstić information content (AvgIpc) is 2.12. The number of hydrogen-bond donors (Lipinski definition) is 2. The molecule has 0 radical (unpaired) electrons. The molecular weight excluding hydrogens is 188 g/mol. The normalized spacial score (nSPS) is 11.2. The van der Waals surface area contributed by atoms with Crippen LogP contribution in [0.3, 0.4) is 0 Å². The van der Waals surface area contributed by atoms with Crippen LogP contribution in [0.1, 0.15) is 34.1 Å². The van der Waals surface area contributed by atoms with Crippen molar-refractivity contribution in [2.75, 3.05) is 17.2 Å². The molecule has 84 valence electrons. The molecule has 0 aliphatic rings. The van der Waals surface area contributed by atoms with Crippen LogP contribution in [0.5, 0.6) is 0 Å². The van der Waals surface area contributed by atoms with E-state index in [4.69, 9.17) is 0 Å². The molecule has 0 spiro atoms. The maximum Gasteiger partial charge on any atom is 0.224 e. The highest BCUT2D eigenvalue weighted by Crippen LogP contribution is 2.12. The molecular formula is C11H20N4. The van der Waals surface area contributed by atoms with Gasteiger partial charge in [-0.05, 0) is 33.3 Å². The Bertz CT molecular complexity index is 304. The lowest BCUT2D eigenvalue weighted by Gasteiger charge is -2.21. The molecule has 0 aromatic carbocycles. The first-order valence-electron chi connectivity index (χ1n) is 5.36. The third-order valence-corrected chi connectivity index (χ3v) is 1.69. The summed E-state index contributed by atoms with van der Waals surface area (Å²) in [5.74, 6) is 1.54. The first-order valence-corrected chi connectivity index (χ1v) is 5.36. The van der Waals surface area contributed by atoms with Gasteiger partial charge in [0.05, 0.1) is 0 Å². The van der Waals surface area contributed by atoms with Gasteiger partial charge in [-0.2, -0.15) is 4.98 Å². The molecule has 0 unspecified atom stereocenters. The minimum absolute atomic E-state index is 0.0242. The van der Waals surface area contributed by atoms with Crippen LogP contribution in [-0.4, -0.2) is 22.1 Å². The second-order valence-electron chi connectivity index (χ2n) is 4.57. The molecule has 0 aliphatic heterocycles. The number of nitrogens with zero attached hydrogens (tertiary/aromatic N) is 2. The molecule has 0 fully saturated rings. The van der Waals surface area contributed by atoms with Gasteiger partial charge < -0.3 is 10.6 Å². The van der Waals surface area contributed by atoms with Crippen molar-refractivity contribution in [3.63, 3.8) is 0 Å². The highest BCUT2D eigenvalue weighted by Gasteiger charge is 2.10. The predicted molar refractivity (Wildman–Crippen MR) is 64.2 cm³/mol. The van der Waals surface area contributed by atoms with Crippen LogP contribution in [-0.2, 0) is 0 Å². The second-order valence-corrected chi connectivity index (χ2v) is 4.57. The molecule has 1 aromatic heterocycles. The van der Waals surface area contributed by atoms with Gasteiger partial charge in [-0.25, -0.2) is 4.98 Å². The second kappa shape index (κ2) is 4.96. The van der Waals surface area contributed by atoms with Crippen molar-refractivity contribution >= 4 is 11.8 Å². The number of anilines is 2. The molecule has 0 amide bonds. The van der Waals surface area contributed by atoms with E-state index < -0.39 is 0 Å². The van der Waals surface area contributed by atoms with Crippen LogP contribution in [0.2, 0.25) is 0 Å². The average molecular weight is 208 g/mol. The van der Waals surface area contributed by atoms with Crippen LogP contribution in [0.25, 0.3) is 0 Å². The largest absolute Gasteiger partial charge is 0.365 e. The summed E-state index contributed by atoms with van der Waals surface area (Å²) in [6, 6.07) is 1.88. The number of aromatic nitrogens is 2. The van der Waals surface area contributed by atoms with Crippen LogP contribution < -0.4 is 10.6 Å². The van der Waals surface area contributed by atoms with Gasteiger partial charge in [0.1, 0.15) is 5.82 Å². The summed E-state index contributed by atoms with van der Waals surface area (Å²) in [4.78, 5) is 8.51. The molecule has 0 aliphatic carbocycles. The lowest BCUT2D eigenvalue weighted by Crippen LogP contribution is -2.26. The van der Waals surface area contributed by atoms with Gasteiger partial charge in [0.2, 0.25) is 5.95 Å². The van der Waals surface area contributed by atoms with E-state index in [1.807, 2.05) is 6.07 Å². The van der Waals surface area contributed by atoms with E-state index >= 15 is 0 Å². The smallest absolute Gasteiger partial charge is 0.224 e. The molecule has 15 heavy (non-hydrogen) atoms. The highest BCUT2D eigenvalue weighted by atomic mass is 15.1. The van der Waals surface area contributed by atoms with Crippen LogP contribution >= 0.6 is 0 Å². The van der Waals surface area contributed by atoms with Gasteiger partial charge in [0, 0.05) is 18.3 Å². The molecule has 0 saturated heterocycles. The van der Waals surface area contributed by atoms with Crippen molar-refractivity contribution in [1.82, 2.24) is 9.97 Å². The molecule has 1 aromatic rings. The molecule has 0 bridgehead atoms. The van der Waals surface area contributed by atoms with Crippen molar-refractivity contribution in [1.29, 1.82) is 0 Å². The van der Waals surface area contributed by atoms with Crippen LogP contribution in [0, 0.1) is 0 Å². The van der Waals surface area contributed by atoms with E-state index in [-0.39, 0.29) is 5.54 Å². The standard InChI is InChI=1S/C11H20N4/c1-5-7-12-10-13-8-6-9(14-10)15-11(2,3)4/h6,8H,5,7H2,1-4H3,(H2,12,13,14,15). The van der Waals surface area contributed by atoms with E-state index in [0.717, 1.165) is 18.8 Å². The minimum atomic E-state index is 0.0242. The van der Waals surface area contributed by atoms with E-state index in [9.17, 15) is 0 Å². The molecule has 1 heterocycles. The van der Waals surface area contributed by atoms with Gasteiger partial charge in [0.25, 0.3) is 0 Å². The molecule has 1 rings (SSSR count). The zero-order valence-electron chi connectivity index (χ0n) is 9.96. The summed E-state index contributed by atoms with van der Waals surface area (Å²) in [6.07, 6.45) is 2.83. The quantitative estimate of drug-likeness (QED) is 0.798. The van der Waals surface area contributed by atoms with Gasteiger partial charge in [-0.3, -0.25) is 0 Å². The number of nitrogens with one attached hydrogen (secondary N) is 2. The molecule has 4 heteroatoms. The van der Waals surface area contributed by atoms with Crippen LogP contribution in [0.4, 0.5) is 11.8 Å². The van der Waals surface area contributed by atoms with Crippen molar-refractivity contribution in [2.24, 2.45) is 0 Å². The highest BCUT2D eigenvalue weighted by molar-refractivity contribution is 5.41.